The first-order chi connectivity index (χ1) is 13.8. The number of carbonyl (C=O) groups excluding carboxylic acids is 1. The summed E-state index contributed by atoms with van der Waals surface area (Å²) in [7, 11) is -3.67. The van der Waals surface area contributed by atoms with E-state index in [0.717, 1.165) is 24.1 Å². The fraction of sp³-hybridized carbons (Fsp3) is 0.409. The topological polar surface area (TPSA) is 75.7 Å². The summed E-state index contributed by atoms with van der Waals surface area (Å²) in [6.07, 6.45) is 2.00. The highest BCUT2D eigenvalue weighted by Crippen LogP contribution is 2.31. The van der Waals surface area contributed by atoms with Gasteiger partial charge in [-0.2, -0.15) is 0 Å². The molecule has 0 fully saturated rings. The predicted molar refractivity (Wildman–Crippen MR) is 114 cm³/mol. The molecular formula is C22H28N2O4S. The lowest BCUT2D eigenvalue weighted by Crippen LogP contribution is -2.38. The molecule has 1 aliphatic rings. The van der Waals surface area contributed by atoms with Crippen LogP contribution in [0.2, 0.25) is 0 Å². The third kappa shape index (κ3) is 4.97. The van der Waals surface area contributed by atoms with Crippen molar-refractivity contribution < 1.29 is 17.9 Å². The van der Waals surface area contributed by atoms with Crippen molar-refractivity contribution in [2.45, 2.75) is 44.9 Å². The van der Waals surface area contributed by atoms with Gasteiger partial charge in [0.1, 0.15) is 5.75 Å². The maximum atomic E-state index is 12.8. The predicted octanol–water partition coefficient (Wildman–Crippen LogP) is 3.35. The number of hydrogen-bond donors (Lipinski definition) is 1. The Kier molecular flexibility index (Phi) is 6.59. The minimum Gasteiger partial charge on any atom is -0.494 e. The van der Waals surface area contributed by atoms with Crippen LogP contribution in [0.3, 0.4) is 0 Å². The molecule has 1 heterocycles. The Morgan fingerprint density at radius 1 is 1.17 bits per heavy atom. The highest BCUT2D eigenvalue weighted by Gasteiger charge is 2.24. The number of carbonyl (C=O) groups is 1. The van der Waals surface area contributed by atoms with Gasteiger partial charge in [-0.25, -0.2) is 13.1 Å². The summed E-state index contributed by atoms with van der Waals surface area (Å²) in [5, 5.41) is 0. The molecule has 3 rings (SSSR count). The fourth-order valence-electron chi connectivity index (χ4n) is 3.73. The van der Waals surface area contributed by atoms with Gasteiger partial charge in [-0.15, -0.1) is 0 Å². The highest BCUT2D eigenvalue weighted by molar-refractivity contribution is 7.89. The van der Waals surface area contributed by atoms with Crippen molar-refractivity contribution in [3.05, 3.63) is 53.1 Å². The van der Waals surface area contributed by atoms with Crippen LogP contribution in [0.1, 0.15) is 36.5 Å². The number of fused-ring (bicyclic) bond motifs is 1. The molecule has 0 atom stereocenters. The number of amides is 1. The number of aryl methyl sites for hydroxylation is 2. The Labute approximate surface area is 172 Å². The molecule has 2 aromatic carbocycles. The van der Waals surface area contributed by atoms with E-state index in [-0.39, 0.29) is 23.8 Å². The molecule has 0 radical (unpaired) electrons. The average Bonchev–Trinajstić information content (AvgIpc) is 2.68. The molecule has 1 amide bonds. The largest absolute Gasteiger partial charge is 0.494 e. The van der Waals surface area contributed by atoms with E-state index in [1.165, 1.54) is 23.3 Å². The van der Waals surface area contributed by atoms with Crippen molar-refractivity contribution in [1.29, 1.82) is 0 Å². The van der Waals surface area contributed by atoms with Gasteiger partial charge in [-0.3, -0.25) is 4.79 Å². The van der Waals surface area contributed by atoms with Crippen molar-refractivity contribution in [3.8, 4) is 5.75 Å². The van der Waals surface area contributed by atoms with Crippen LogP contribution < -0.4 is 14.4 Å². The SMILES string of the molecule is CCOc1ccc(S(=O)(=O)NCCC(=O)N2CCCc3c(C)cc(C)cc32)cc1. The fourth-order valence-corrected chi connectivity index (χ4v) is 4.76. The monoisotopic (exact) mass is 416 g/mol. The van der Waals surface area contributed by atoms with E-state index in [2.05, 4.69) is 17.7 Å². The summed E-state index contributed by atoms with van der Waals surface area (Å²) in [4.78, 5) is 14.7. The summed E-state index contributed by atoms with van der Waals surface area (Å²) in [5.41, 5.74) is 4.50. The molecule has 0 saturated carbocycles. The minimum atomic E-state index is -3.67. The van der Waals surface area contributed by atoms with Crippen LogP contribution in [-0.2, 0) is 21.2 Å². The molecule has 0 saturated heterocycles. The number of ether oxygens (including phenoxy) is 1. The zero-order valence-corrected chi connectivity index (χ0v) is 18.0. The third-order valence-corrected chi connectivity index (χ3v) is 6.55. The van der Waals surface area contributed by atoms with Crippen molar-refractivity contribution in [3.63, 3.8) is 0 Å². The van der Waals surface area contributed by atoms with E-state index >= 15 is 0 Å². The Morgan fingerprint density at radius 2 is 1.90 bits per heavy atom. The molecule has 6 nitrogen and oxygen atoms in total. The number of nitrogens with one attached hydrogen (secondary N) is 1. The second-order valence-electron chi connectivity index (χ2n) is 7.28. The lowest BCUT2D eigenvalue weighted by Gasteiger charge is -2.31. The van der Waals surface area contributed by atoms with Gasteiger partial charge >= 0.3 is 0 Å². The minimum absolute atomic E-state index is 0.0605. The zero-order chi connectivity index (χ0) is 21.0. The number of nitrogens with zero attached hydrogens (tertiary/aromatic N) is 1. The molecule has 0 bridgehead atoms. The molecule has 0 aromatic heterocycles. The standard InChI is InChI=1S/C22H28N2O4S/c1-4-28-18-7-9-19(10-8-18)29(26,27)23-12-11-22(25)24-13-5-6-20-17(3)14-16(2)15-21(20)24/h7-10,14-15,23H,4-6,11-13H2,1-3H3. The Morgan fingerprint density at radius 3 is 2.59 bits per heavy atom. The van der Waals surface area contributed by atoms with Crippen molar-refractivity contribution in [2.75, 3.05) is 24.6 Å². The van der Waals surface area contributed by atoms with Gasteiger partial charge in [0.15, 0.2) is 0 Å². The second-order valence-corrected chi connectivity index (χ2v) is 9.05. The van der Waals surface area contributed by atoms with Gasteiger partial charge < -0.3 is 9.64 Å². The quantitative estimate of drug-likeness (QED) is 0.751. The van der Waals surface area contributed by atoms with Crippen LogP contribution in [0, 0.1) is 13.8 Å². The average molecular weight is 417 g/mol. The summed E-state index contributed by atoms with van der Waals surface area (Å²) in [6.45, 7) is 7.21. The first kappa shape index (κ1) is 21.3. The lowest BCUT2D eigenvalue weighted by molar-refractivity contribution is -0.118. The van der Waals surface area contributed by atoms with Crippen LogP contribution in [0.5, 0.6) is 5.75 Å². The Hall–Kier alpha value is -2.38. The number of hydrogen-bond acceptors (Lipinski definition) is 4. The molecule has 1 aliphatic heterocycles. The molecule has 1 N–H and O–H groups in total. The number of anilines is 1. The molecule has 2 aromatic rings. The maximum Gasteiger partial charge on any atom is 0.240 e. The summed E-state index contributed by atoms with van der Waals surface area (Å²) in [5.74, 6) is 0.557. The lowest BCUT2D eigenvalue weighted by atomic mass is 9.95. The number of benzene rings is 2. The summed E-state index contributed by atoms with van der Waals surface area (Å²) >= 11 is 0. The van der Waals surface area contributed by atoms with E-state index < -0.39 is 10.0 Å². The molecule has 29 heavy (non-hydrogen) atoms. The van der Waals surface area contributed by atoms with Crippen LogP contribution >= 0.6 is 0 Å². The van der Waals surface area contributed by atoms with E-state index in [9.17, 15) is 13.2 Å². The van der Waals surface area contributed by atoms with Crippen molar-refractivity contribution in [1.82, 2.24) is 4.72 Å². The molecule has 0 spiro atoms. The van der Waals surface area contributed by atoms with Gasteiger partial charge in [0, 0.05) is 25.2 Å². The van der Waals surface area contributed by atoms with E-state index in [1.807, 2.05) is 19.9 Å². The van der Waals surface area contributed by atoms with Crippen LogP contribution in [0.25, 0.3) is 0 Å². The molecule has 7 heteroatoms. The van der Waals surface area contributed by atoms with Crippen LogP contribution in [0.4, 0.5) is 5.69 Å². The van der Waals surface area contributed by atoms with Crippen molar-refractivity contribution >= 4 is 21.6 Å². The Balaban J connectivity index is 1.63. The van der Waals surface area contributed by atoms with Gasteiger partial charge in [-0.1, -0.05) is 6.07 Å². The summed E-state index contributed by atoms with van der Waals surface area (Å²) in [6, 6.07) is 10.4. The third-order valence-electron chi connectivity index (χ3n) is 5.07. The number of rotatable bonds is 7. The molecular weight excluding hydrogens is 388 g/mol. The van der Waals surface area contributed by atoms with E-state index in [4.69, 9.17) is 4.74 Å². The molecule has 156 valence electrons. The van der Waals surface area contributed by atoms with E-state index in [0.29, 0.717) is 18.9 Å². The van der Waals surface area contributed by atoms with Gasteiger partial charge in [-0.05, 0) is 80.6 Å². The first-order valence-corrected chi connectivity index (χ1v) is 11.4. The maximum absolute atomic E-state index is 12.8. The van der Waals surface area contributed by atoms with Gasteiger partial charge in [0.25, 0.3) is 0 Å². The van der Waals surface area contributed by atoms with Crippen LogP contribution in [0.15, 0.2) is 41.3 Å². The normalized spacial score (nSPS) is 13.8. The van der Waals surface area contributed by atoms with E-state index in [1.54, 1.807) is 17.0 Å². The van der Waals surface area contributed by atoms with Crippen LogP contribution in [-0.4, -0.2) is 34.0 Å². The van der Waals surface area contributed by atoms with Crippen molar-refractivity contribution in [2.24, 2.45) is 0 Å². The van der Waals surface area contributed by atoms with Gasteiger partial charge in [0.05, 0.1) is 11.5 Å². The highest BCUT2D eigenvalue weighted by atomic mass is 32.2. The smallest absolute Gasteiger partial charge is 0.240 e. The first-order valence-electron chi connectivity index (χ1n) is 9.95. The number of sulfonamides is 1. The second kappa shape index (κ2) is 8.97. The van der Waals surface area contributed by atoms with Gasteiger partial charge in [0.2, 0.25) is 15.9 Å². The summed E-state index contributed by atoms with van der Waals surface area (Å²) < 4.78 is 32.8. The Bertz CT molecular complexity index is 985. The molecule has 0 aliphatic carbocycles. The molecule has 0 unspecified atom stereocenters. The zero-order valence-electron chi connectivity index (χ0n) is 17.2.